The van der Waals surface area contributed by atoms with Gasteiger partial charge < -0.3 is 10.1 Å². The predicted octanol–water partition coefficient (Wildman–Crippen LogP) is 2.65. The third-order valence-corrected chi connectivity index (χ3v) is 5.58. The zero-order valence-corrected chi connectivity index (χ0v) is 17.4. The van der Waals surface area contributed by atoms with Crippen LogP contribution in [-0.2, 0) is 26.0 Å². The number of sulfonamides is 1. The van der Waals surface area contributed by atoms with Crippen molar-refractivity contribution in [2.24, 2.45) is 0 Å². The van der Waals surface area contributed by atoms with Gasteiger partial charge >= 0.3 is 0 Å². The van der Waals surface area contributed by atoms with Crippen molar-refractivity contribution in [2.45, 2.75) is 43.7 Å². The molecule has 2 aromatic carbocycles. The lowest BCUT2D eigenvalue weighted by molar-refractivity contribution is -0.122. The van der Waals surface area contributed by atoms with E-state index in [1.165, 1.54) is 12.1 Å². The first-order chi connectivity index (χ1) is 13.8. The average Bonchev–Trinajstić information content (AvgIpc) is 2.68. The van der Waals surface area contributed by atoms with Crippen molar-refractivity contribution in [2.75, 3.05) is 13.2 Å². The van der Waals surface area contributed by atoms with E-state index in [9.17, 15) is 17.6 Å². The molecule has 158 valence electrons. The maximum atomic E-state index is 13.1. The summed E-state index contributed by atoms with van der Waals surface area (Å²) in [4.78, 5) is 12.6. The van der Waals surface area contributed by atoms with Gasteiger partial charge in [0.05, 0.1) is 11.0 Å². The van der Waals surface area contributed by atoms with Crippen LogP contribution in [0.15, 0.2) is 59.5 Å². The number of ether oxygens (including phenoxy) is 1. The molecule has 0 aromatic heterocycles. The molecule has 0 aliphatic carbocycles. The number of benzene rings is 2. The van der Waals surface area contributed by atoms with Crippen LogP contribution in [0.4, 0.5) is 4.39 Å². The fourth-order valence-corrected chi connectivity index (χ4v) is 3.83. The maximum Gasteiger partial charge on any atom is 0.241 e. The molecule has 0 bridgehead atoms. The molecule has 1 amide bonds. The van der Waals surface area contributed by atoms with Gasteiger partial charge in [-0.1, -0.05) is 30.3 Å². The molecule has 0 fully saturated rings. The van der Waals surface area contributed by atoms with E-state index in [2.05, 4.69) is 10.0 Å². The Bertz CT molecular complexity index is 871. The molecule has 2 N–H and O–H groups in total. The largest absolute Gasteiger partial charge is 0.379 e. The van der Waals surface area contributed by atoms with Crippen molar-refractivity contribution in [1.29, 1.82) is 0 Å². The van der Waals surface area contributed by atoms with E-state index < -0.39 is 27.8 Å². The molecular weight excluding hydrogens is 395 g/mol. The van der Waals surface area contributed by atoms with Gasteiger partial charge in [0.25, 0.3) is 0 Å². The summed E-state index contributed by atoms with van der Waals surface area (Å²) < 4.78 is 46.3. The second-order valence-corrected chi connectivity index (χ2v) is 8.60. The van der Waals surface area contributed by atoms with Crippen LogP contribution in [0.3, 0.4) is 0 Å². The van der Waals surface area contributed by atoms with Gasteiger partial charge in [0.2, 0.25) is 15.9 Å². The molecule has 2 aromatic rings. The number of halogens is 1. The van der Waals surface area contributed by atoms with Crippen molar-refractivity contribution < 1.29 is 22.3 Å². The van der Waals surface area contributed by atoms with Gasteiger partial charge in [-0.15, -0.1) is 0 Å². The molecule has 29 heavy (non-hydrogen) atoms. The lowest BCUT2D eigenvalue weighted by Crippen LogP contribution is -2.48. The van der Waals surface area contributed by atoms with E-state index in [-0.39, 0.29) is 17.4 Å². The van der Waals surface area contributed by atoms with E-state index in [4.69, 9.17) is 4.74 Å². The summed E-state index contributed by atoms with van der Waals surface area (Å²) >= 11 is 0. The topological polar surface area (TPSA) is 84.5 Å². The van der Waals surface area contributed by atoms with Gasteiger partial charge in [0.1, 0.15) is 11.9 Å². The lowest BCUT2D eigenvalue weighted by Gasteiger charge is -2.19. The fraction of sp³-hybridized carbons (Fsp3) is 0.381. The van der Waals surface area contributed by atoms with Crippen LogP contribution in [0.1, 0.15) is 25.8 Å². The highest BCUT2D eigenvalue weighted by Gasteiger charge is 2.26. The Labute approximate surface area is 171 Å². The molecule has 0 saturated carbocycles. The molecule has 1 unspecified atom stereocenters. The number of hydrogen-bond donors (Lipinski definition) is 2. The minimum Gasteiger partial charge on any atom is -0.379 e. The summed E-state index contributed by atoms with van der Waals surface area (Å²) in [6.45, 7) is 4.73. The number of carbonyl (C=O) groups excluding carboxylic acids is 1. The summed E-state index contributed by atoms with van der Waals surface area (Å²) in [5.74, 6) is -0.963. The van der Waals surface area contributed by atoms with Crippen LogP contribution >= 0.6 is 0 Å². The molecule has 6 nitrogen and oxygen atoms in total. The zero-order chi connectivity index (χ0) is 21.3. The van der Waals surface area contributed by atoms with Gasteiger partial charge in [-0.2, -0.15) is 4.72 Å². The number of amides is 1. The third kappa shape index (κ3) is 7.92. The highest BCUT2D eigenvalue weighted by atomic mass is 32.2. The summed E-state index contributed by atoms with van der Waals surface area (Å²) in [5.41, 5.74) is 0.817. The minimum absolute atomic E-state index is 0.102. The number of rotatable bonds is 11. The van der Waals surface area contributed by atoms with Gasteiger partial charge in [0, 0.05) is 13.2 Å². The second kappa shape index (κ2) is 11.0. The first kappa shape index (κ1) is 23.0. The Hall–Kier alpha value is -2.29. The van der Waals surface area contributed by atoms with Gasteiger partial charge in [0.15, 0.2) is 0 Å². The van der Waals surface area contributed by atoms with Crippen LogP contribution in [0, 0.1) is 5.82 Å². The van der Waals surface area contributed by atoms with Crippen molar-refractivity contribution in [3.8, 4) is 0 Å². The molecule has 1 atom stereocenters. The molecule has 8 heteroatoms. The summed E-state index contributed by atoms with van der Waals surface area (Å²) in [5, 5.41) is 2.75. The smallest absolute Gasteiger partial charge is 0.241 e. The molecule has 0 aliphatic heterocycles. The van der Waals surface area contributed by atoms with Crippen LogP contribution in [0.5, 0.6) is 0 Å². The van der Waals surface area contributed by atoms with Crippen LogP contribution in [0.2, 0.25) is 0 Å². The Balaban J connectivity index is 2.08. The lowest BCUT2D eigenvalue weighted by atomic mass is 10.1. The summed E-state index contributed by atoms with van der Waals surface area (Å²) in [7, 11) is -3.99. The van der Waals surface area contributed by atoms with Gasteiger partial charge in [-0.3, -0.25) is 4.79 Å². The maximum absolute atomic E-state index is 13.1. The predicted molar refractivity (Wildman–Crippen MR) is 109 cm³/mol. The molecule has 0 radical (unpaired) electrons. The Morgan fingerprint density at radius 1 is 1.07 bits per heavy atom. The summed E-state index contributed by atoms with van der Waals surface area (Å²) in [6, 6.07) is 12.6. The van der Waals surface area contributed by atoms with Crippen molar-refractivity contribution in [3.63, 3.8) is 0 Å². The Morgan fingerprint density at radius 2 is 1.72 bits per heavy atom. The first-order valence-electron chi connectivity index (χ1n) is 9.49. The Kier molecular flexibility index (Phi) is 8.75. The number of nitrogens with one attached hydrogen (secondary N) is 2. The molecular formula is C21H27FN2O4S. The zero-order valence-electron chi connectivity index (χ0n) is 16.6. The van der Waals surface area contributed by atoms with Crippen molar-refractivity contribution >= 4 is 15.9 Å². The van der Waals surface area contributed by atoms with E-state index in [0.717, 1.165) is 17.7 Å². The normalized spacial score (nSPS) is 12.7. The molecule has 0 heterocycles. The standard InChI is InChI=1S/C21H27FN2O4S/c1-16(2)28-14-6-13-23-21(25)20(15-17-7-4-3-5-8-17)24-29(26,27)19-11-9-18(22)10-12-19/h3-5,7-12,16,20,24H,6,13-15H2,1-2H3,(H,23,25). The minimum atomic E-state index is -3.99. The highest BCUT2D eigenvalue weighted by Crippen LogP contribution is 2.12. The molecule has 0 saturated heterocycles. The van der Waals surface area contributed by atoms with Crippen molar-refractivity contribution in [3.05, 3.63) is 66.0 Å². The highest BCUT2D eigenvalue weighted by molar-refractivity contribution is 7.89. The molecule has 2 rings (SSSR count). The van der Waals surface area contributed by atoms with Crippen LogP contribution in [-0.4, -0.2) is 39.6 Å². The molecule has 0 aliphatic rings. The monoisotopic (exact) mass is 422 g/mol. The van der Waals surface area contributed by atoms with Crippen molar-refractivity contribution in [1.82, 2.24) is 10.0 Å². The molecule has 0 spiro atoms. The quantitative estimate of drug-likeness (QED) is 0.545. The van der Waals surface area contributed by atoms with E-state index in [0.29, 0.717) is 19.6 Å². The SMILES string of the molecule is CC(C)OCCCNC(=O)C(Cc1ccccc1)NS(=O)(=O)c1ccc(F)cc1. The Morgan fingerprint density at radius 3 is 2.34 bits per heavy atom. The number of hydrogen-bond acceptors (Lipinski definition) is 4. The fourth-order valence-electron chi connectivity index (χ4n) is 2.63. The van der Waals surface area contributed by atoms with Gasteiger partial charge in [-0.25, -0.2) is 12.8 Å². The first-order valence-corrected chi connectivity index (χ1v) is 11.0. The van der Waals surface area contributed by atoms with Gasteiger partial charge in [-0.05, 0) is 56.5 Å². The summed E-state index contributed by atoms with van der Waals surface area (Å²) in [6.07, 6.45) is 0.918. The van der Waals surface area contributed by atoms with E-state index in [1.54, 1.807) is 0 Å². The van der Waals surface area contributed by atoms with Crippen LogP contribution < -0.4 is 10.0 Å². The third-order valence-electron chi connectivity index (χ3n) is 4.09. The van der Waals surface area contributed by atoms with E-state index >= 15 is 0 Å². The second-order valence-electron chi connectivity index (χ2n) is 6.88. The van der Waals surface area contributed by atoms with E-state index in [1.807, 2.05) is 44.2 Å². The number of carbonyl (C=O) groups is 1. The van der Waals surface area contributed by atoms with Crippen LogP contribution in [0.25, 0.3) is 0 Å². The average molecular weight is 423 g/mol.